The highest BCUT2D eigenvalue weighted by Crippen LogP contribution is 2.37. The summed E-state index contributed by atoms with van der Waals surface area (Å²) >= 11 is 5.84. The summed E-state index contributed by atoms with van der Waals surface area (Å²) < 4.78 is 14.4. The predicted octanol–water partition coefficient (Wildman–Crippen LogP) is 2.88. The average molecular weight is 304 g/mol. The molecule has 4 nitrogen and oxygen atoms in total. The third-order valence-electron chi connectivity index (χ3n) is 3.33. The summed E-state index contributed by atoms with van der Waals surface area (Å²) in [6.45, 7) is 0. The van der Waals surface area contributed by atoms with Gasteiger partial charge in [0, 0.05) is 18.0 Å². The van der Waals surface area contributed by atoms with Crippen molar-refractivity contribution in [3.8, 4) is 0 Å². The second-order valence-corrected chi connectivity index (χ2v) is 4.92. The highest BCUT2D eigenvalue weighted by atomic mass is 35.5. The maximum absolute atomic E-state index is 14.4. The molecule has 1 unspecified atom stereocenters. The number of nitrogens with one attached hydrogen (secondary N) is 1. The molecule has 0 aliphatic heterocycles. The number of hydrogen-bond donors (Lipinski definition) is 2. The van der Waals surface area contributed by atoms with Crippen molar-refractivity contribution in [3.63, 3.8) is 0 Å². The Hall–Kier alpha value is -2.24. The first kappa shape index (κ1) is 13.7. The van der Waals surface area contributed by atoms with Gasteiger partial charge in [-0.2, -0.15) is 0 Å². The Balaban J connectivity index is 2.30. The van der Waals surface area contributed by atoms with Crippen LogP contribution in [-0.4, -0.2) is 20.1 Å². The van der Waals surface area contributed by atoms with Crippen molar-refractivity contribution < 1.29 is 9.50 Å². The monoisotopic (exact) mass is 303 g/mol. The summed E-state index contributed by atoms with van der Waals surface area (Å²) in [4.78, 5) is 10.7. The van der Waals surface area contributed by atoms with Crippen molar-refractivity contribution in [2.75, 3.05) is 0 Å². The third kappa shape index (κ3) is 2.20. The number of rotatable bonds is 3. The maximum Gasteiger partial charge on any atom is 0.159 e. The van der Waals surface area contributed by atoms with Crippen molar-refractivity contribution in [2.45, 2.75) is 5.60 Å². The van der Waals surface area contributed by atoms with Gasteiger partial charge in [-0.25, -0.2) is 9.37 Å². The largest absolute Gasteiger partial charge is 0.374 e. The van der Waals surface area contributed by atoms with Crippen LogP contribution in [0.15, 0.2) is 55.2 Å². The van der Waals surface area contributed by atoms with E-state index in [4.69, 9.17) is 11.6 Å². The molecular weight excluding hydrogens is 293 g/mol. The standard InChI is InChI=1S/C15H11ClFN3O/c16-12-3-1-2-11(14(12)17)15(21,13-8-19-9-20-13)10-4-6-18-7-5-10/h1-9,21H,(H,19,20). The summed E-state index contributed by atoms with van der Waals surface area (Å²) in [6, 6.07) is 7.73. The second-order valence-electron chi connectivity index (χ2n) is 4.51. The molecule has 0 amide bonds. The Morgan fingerprint density at radius 1 is 1.14 bits per heavy atom. The number of hydrogen-bond acceptors (Lipinski definition) is 3. The molecule has 0 fully saturated rings. The Kier molecular flexibility index (Phi) is 3.45. The van der Waals surface area contributed by atoms with Gasteiger partial charge in [-0.1, -0.05) is 23.7 Å². The van der Waals surface area contributed by atoms with Gasteiger partial charge in [0.25, 0.3) is 0 Å². The molecule has 3 rings (SSSR count). The Morgan fingerprint density at radius 3 is 2.57 bits per heavy atom. The van der Waals surface area contributed by atoms with E-state index in [0.29, 0.717) is 11.3 Å². The molecule has 21 heavy (non-hydrogen) atoms. The van der Waals surface area contributed by atoms with E-state index < -0.39 is 11.4 Å². The molecule has 0 aliphatic rings. The van der Waals surface area contributed by atoms with Crippen LogP contribution in [0.3, 0.4) is 0 Å². The molecule has 0 saturated carbocycles. The van der Waals surface area contributed by atoms with Crippen LogP contribution in [0.25, 0.3) is 0 Å². The maximum atomic E-state index is 14.4. The van der Waals surface area contributed by atoms with Gasteiger partial charge < -0.3 is 10.1 Å². The highest BCUT2D eigenvalue weighted by Gasteiger charge is 2.38. The molecule has 3 aromatic rings. The fourth-order valence-electron chi connectivity index (χ4n) is 2.29. The van der Waals surface area contributed by atoms with Crippen LogP contribution in [-0.2, 0) is 5.60 Å². The smallest absolute Gasteiger partial charge is 0.159 e. The summed E-state index contributed by atoms with van der Waals surface area (Å²) in [7, 11) is 0. The number of aromatic amines is 1. The van der Waals surface area contributed by atoms with Crippen molar-refractivity contribution in [1.29, 1.82) is 0 Å². The first-order chi connectivity index (χ1) is 10.1. The first-order valence-corrected chi connectivity index (χ1v) is 6.58. The zero-order valence-corrected chi connectivity index (χ0v) is 11.5. The zero-order valence-electron chi connectivity index (χ0n) is 10.8. The predicted molar refractivity (Wildman–Crippen MR) is 76.3 cm³/mol. The highest BCUT2D eigenvalue weighted by molar-refractivity contribution is 6.30. The minimum atomic E-state index is -1.73. The number of halogens is 2. The Bertz CT molecular complexity index is 749. The van der Waals surface area contributed by atoms with Crippen molar-refractivity contribution in [2.24, 2.45) is 0 Å². The molecule has 0 radical (unpaired) electrons. The first-order valence-electron chi connectivity index (χ1n) is 6.20. The summed E-state index contributed by atoms with van der Waals surface area (Å²) in [6.07, 6.45) is 5.92. The van der Waals surface area contributed by atoms with Crippen LogP contribution in [0.1, 0.15) is 16.8 Å². The van der Waals surface area contributed by atoms with Gasteiger partial charge in [-0.05, 0) is 23.8 Å². The molecule has 1 atom stereocenters. The van der Waals surface area contributed by atoms with Gasteiger partial charge in [0.05, 0.1) is 23.2 Å². The second kappa shape index (κ2) is 5.27. The van der Waals surface area contributed by atoms with Crippen molar-refractivity contribution in [3.05, 3.63) is 82.9 Å². The van der Waals surface area contributed by atoms with E-state index in [1.165, 1.54) is 37.1 Å². The molecule has 2 N–H and O–H groups in total. The molecule has 0 spiro atoms. The summed E-state index contributed by atoms with van der Waals surface area (Å²) in [5.74, 6) is -0.673. The van der Waals surface area contributed by atoms with E-state index in [2.05, 4.69) is 15.0 Å². The fourth-order valence-corrected chi connectivity index (χ4v) is 2.46. The van der Waals surface area contributed by atoms with Gasteiger partial charge in [0.1, 0.15) is 5.82 Å². The molecule has 1 aromatic carbocycles. The molecule has 106 valence electrons. The molecule has 0 aliphatic carbocycles. The van der Waals surface area contributed by atoms with Crippen LogP contribution in [0.4, 0.5) is 4.39 Å². The lowest BCUT2D eigenvalue weighted by molar-refractivity contribution is 0.117. The van der Waals surface area contributed by atoms with Gasteiger partial charge in [-0.3, -0.25) is 4.98 Å². The van der Waals surface area contributed by atoms with Crippen LogP contribution in [0.2, 0.25) is 5.02 Å². The van der Waals surface area contributed by atoms with Gasteiger partial charge in [0.2, 0.25) is 0 Å². The van der Waals surface area contributed by atoms with E-state index >= 15 is 0 Å². The van der Waals surface area contributed by atoms with E-state index in [0.717, 1.165) is 0 Å². The molecule has 0 bridgehead atoms. The van der Waals surface area contributed by atoms with Gasteiger partial charge in [-0.15, -0.1) is 0 Å². The minimum Gasteiger partial charge on any atom is -0.374 e. The van der Waals surface area contributed by atoms with Gasteiger partial charge in [0.15, 0.2) is 5.60 Å². The van der Waals surface area contributed by atoms with Crippen molar-refractivity contribution in [1.82, 2.24) is 15.0 Å². The van der Waals surface area contributed by atoms with Crippen LogP contribution >= 0.6 is 11.6 Å². The average Bonchev–Trinajstić information content (AvgIpc) is 3.05. The number of aliphatic hydroxyl groups is 1. The zero-order chi connectivity index (χ0) is 14.9. The number of nitrogens with zero attached hydrogens (tertiary/aromatic N) is 2. The summed E-state index contributed by atoms with van der Waals surface area (Å²) in [5.41, 5.74) is -0.878. The van der Waals surface area contributed by atoms with E-state index in [1.54, 1.807) is 18.2 Å². The van der Waals surface area contributed by atoms with Crippen molar-refractivity contribution >= 4 is 11.6 Å². The van der Waals surface area contributed by atoms with E-state index in [9.17, 15) is 9.50 Å². The third-order valence-corrected chi connectivity index (χ3v) is 3.62. The van der Waals surface area contributed by atoms with E-state index in [-0.39, 0.29) is 10.6 Å². The lowest BCUT2D eigenvalue weighted by atomic mass is 9.84. The van der Waals surface area contributed by atoms with Crippen LogP contribution in [0, 0.1) is 5.82 Å². The normalized spacial score (nSPS) is 13.9. The number of pyridine rings is 1. The molecule has 0 saturated heterocycles. The van der Waals surface area contributed by atoms with Crippen LogP contribution in [0.5, 0.6) is 0 Å². The molecule has 2 heterocycles. The van der Waals surface area contributed by atoms with Gasteiger partial charge >= 0.3 is 0 Å². The lowest BCUT2D eigenvalue weighted by Gasteiger charge is -2.28. The number of benzene rings is 1. The molecular formula is C15H11ClFN3O. The number of H-pyrrole nitrogens is 1. The Labute approximate surface area is 125 Å². The summed E-state index contributed by atoms with van der Waals surface area (Å²) in [5, 5.41) is 11.2. The molecule has 6 heteroatoms. The fraction of sp³-hybridized carbons (Fsp3) is 0.0667. The quantitative estimate of drug-likeness (QED) is 0.782. The Morgan fingerprint density at radius 2 is 1.90 bits per heavy atom. The number of aromatic nitrogens is 3. The minimum absolute atomic E-state index is 0.0467. The lowest BCUT2D eigenvalue weighted by Crippen LogP contribution is -2.30. The van der Waals surface area contributed by atoms with Crippen LogP contribution < -0.4 is 0 Å². The van der Waals surface area contributed by atoms with E-state index in [1.807, 2.05) is 0 Å². The SMILES string of the molecule is OC(c1ccncc1)(c1cnc[nH]1)c1cccc(Cl)c1F. The number of imidazole rings is 1. The topological polar surface area (TPSA) is 61.8 Å². The molecule has 2 aromatic heterocycles.